The number of aryl methyl sites for hydroxylation is 1. The van der Waals surface area contributed by atoms with E-state index in [9.17, 15) is 4.79 Å². The Kier molecular flexibility index (Phi) is 6.34. The first-order chi connectivity index (χ1) is 15.8. The van der Waals surface area contributed by atoms with Crippen molar-refractivity contribution in [1.29, 1.82) is 0 Å². The van der Waals surface area contributed by atoms with E-state index in [2.05, 4.69) is 34.9 Å². The van der Waals surface area contributed by atoms with Crippen LogP contribution in [0.4, 0.5) is 10.5 Å². The van der Waals surface area contributed by atoms with E-state index in [0.29, 0.717) is 13.2 Å². The van der Waals surface area contributed by atoms with Crippen LogP contribution in [-0.2, 0) is 20.6 Å². The first-order valence-corrected chi connectivity index (χ1v) is 11.2. The molecule has 1 amide bonds. The van der Waals surface area contributed by atoms with Crippen molar-refractivity contribution in [2.45, 2.75) is 37.2 Å². The molecule has 0 aliphatic carbocycles. The van der Waals surface area contributed by atoms with Crippen LogP contribution in [-0.4, -0.2) is 50.2 Å². The van der Waals surface area contributed by atoms with Crippen LogP contribution in [0, 0.1) is 0 Å². The number of carbonyl (C=O) groups excluding carboxylic acids is 1. The van der Waals surface area contributed by atoms with Crippen LogP contribution in [0.25, 0.3) is 10.8 Å². The van der Waals surface area contributed by atoms with Crippen LogP contribution in [0.15, 0.2) is 72.8 Å². The van der Waals surface area contributed by atoms with Gasteiger partial charge in [-0.1, -0.05) is 66.7 Å². The number of fused-ring (bicyclic) bond motifs is 2. The molecule has 0 unspecified atom stereocenters. The molecule has 3 aromatic carbocycles. The lowest BCUT2D eigenvalue weighted by molar-refractivity contribution is 0.00858. The Morgan fingerprint density at radius 2 is 1.69 bits per heavy atom. The Labute approximate surface area is 187 Å². The number of benzene rings is 3. The molecule has 3 aromatic rings. The number of amides is 1. The van der Waals surface area contributed by atoms with Gasteiger partial charge >= 0.3 is 6.09 Å². The summed E-state index contributed by atoms with van der Waals surface area (Å²) in [5.74, 6) is 0. The molecule has 2 saturated heterocycles. The minimum Gasteiger partial charge on any atom is -0.441 e. The van der Waals surface area contributed by atoms with Gasteiger partial charge < -0.3 is 19.5 Å². The van der Waals surface area contributed by atoms with E-state index < -0.39 is 12.2 Å². The number of hydrogen-bond acceptors (Lipinski definition) is 5. The second-order valence-corrected chi connectivity index (χ2v) is 8.34. The van der Waals surface area contributed by atoms with E-state index in [0.717, 1.165) is 35.8 Å². The van der Waals surface area contributed by atoms with Crippen molar-refractivity contribution in [3.63, 3.8) is 0 Å². The average Bonchev–Trinajstić information content (AvgIpc) is 3.41. The van der Waals surface area contributed by atoms with Gasteiger partial charge in [0, 0.05) is 5.39 Å². The van der Waals surface area contributed by atoms with Crippen LogP contribution >= 0.6 is 0 Å². The third-order valence-electron chi connectivity index (χ3n) is 6.18. The Morgan fingerprint density at radius 3 is 2.59 bits per heavy atom. The molecule has 0 spiro atoms. The van der Waals surface area contributed by atoms with Crippen LogP contribution in [0.3, 0.4) is 0 Å². The number of rotatable bonds is 7. The first-order valence-electron chi connectivity index (χ1n) is 11.2. The summed E-state index contributed by atoms with van der Waals surface area (Å²) in [6.45, 7) is 1.80. The molecule has 0 bridgehead atoms. The monoisotopic (exact) mass is 432 g/mol. The van der Waals surface area contributed by atoms with Gasteiger partial charge in [-0.3, -0.25) is 5.32 Å². The fourth-order valence-electron chi connectivity index (χ4n) is 4.58. The molecule has 32 heavy (non-hydrogen) atoms. The SMILES string of the molecule is O=C(Nc1cccc2ccccc12)O[C@@H]1CO[C@H]2[C@H]1OC[C@H]2NCCCc1ccccc1. The molecule has 0 saturated carbocycles. The molecule has 4 atom stereocenters. The number of carbonyl (C=O) groups is 1. The number of anilines is 1. The van der Waals surface area contributed by atoms with Gasteiger partial charge in [0.1, 0.15) is 12.2 Å². The summed E-state index contributed by atoms with van der Waals surface area (Å²) in [6.07, 6.45) is 0.855. The highest BCUT2D eigenvalue weighted by Crippen LogP contribution is 2.30. The van der Waals surface area contributed by atoms with E-state index in [-0.39, 0.29) is 18.2 Å². The summed E-state index contributed by atoms with van der Waals surface area (Å²) in [4.78, 5) is 12.6. The van der Waals surface area contributed by atoms with E-state index in [1.165, 1.54) is 5.56 Å². The van der Waals surface area contributed by atoms with Crippen LogP contribution in [0.5, 0.6) is 0 Å². The van der Waals surface area contributed by atoms with E-state index in [4.69, 9.17) is 14.2 Å². The fourth-order valence-corrected chi connectivity index (χ4v) is 4.58. The van der Waals surface area contributed by atoms with Gasteiger partial charge in [-0.15, -0.1) is 0 Å². The van der Waals surface area contributed by atoms with Crippen LogP contribution in [0.2, 0.25) is 0 Å². The Hall–Kier alpha value is -2.93. The van der Waals surface area contributed by atoms with Crippen molar-refractivity contribution in [2.75, 3.05) is 25.1 Å². The molecular weight excluding hydrogens is 404 g/mol. The van der Waals surface area contributed by atoms with Gasteiger partial charge in [0.25, 0.3) is 0 Å². The van der Waals surface area contributed by atoms with Crippen molar-refractivity contribution < 1.29 is 19.0 Å². The van der Waals surface area contributed by atoms with Crippen LogP contribution in [0.1, 0.15) is 12.0 Å². The smallest absolute Gasteiger partial charge is 0.412 e. The maximum absolute atomic E-state index is 12.6. The third kappa shape index (κ3) is 4.63. The normalized spacial score (nSPS) is 24.4. The molecule has 2 N–H and O–H groups in total. The number of ether oxygens (including phenoxy) is 3. The summed E-state index contributed by atoms with van der Waals surface area (Å²) in [5.41, 5.74) is 2.08. The largest absolute Gasteiger partial charge is 0.441 e. The highest BCUT2D eigenvalue weighted by Gasteiger charge is 2.49. The molecule has 6 nitrogen and oxygen atoms in total. The van der Waals surface area contributed by atoms with Gasteiger partial charge in [-0.2, -0.15) is 0 Å². The van der Waals surface area contributed by atoms with E-state index >= 15 is 0 Å². The van der Waals surface area contributed by atoms with Crippen molar-refractivity contribution >= 4 is 22.6 Å². The van der Waals surface area contributed by atoms with Crippen molar-refractivity contribution in [3.05, 3.63) is 78.4 Å². The topological polar surface area (TPSA) is 68.8 Å². The molecular formula is C26H28N2O4. The predicted octanol–water partition coefficient (Wildman–Crippen LogP) is 4.15. The Morgan fingerprint density at radius 1 is 0.906 bits per heavy atom. The lowest BCUT2D eigenvalue weighted by Gasteiger charge is -2.18. The second-order valence-electron chi connectivity index (χ2n) is 8.34. The molecule has 6 heteroatoms. The molecule has 2 heterocycles. The van der Waals surface area contributed by atoms with Gasteiger partial charge in [0.15, 0.2) is 6.10 Å². The second kappa shape index (κ2) is 9.69. The minimum atomic E-state index is -0.488. The third-order valence-corrected chi connectivity index (χ3v) is 6.18. The molecule has 0 aromatic heterocycles. The zero-order valence-electron chi connectivity index (χ0n) is 17.9. The van der Waals surface area contributed by atoms with Crippen molar-refractivity contribution in [1.82, 2.24) is 5.32 Å². The van der Waals surface area contributed by atoms with Gasteiger partial charge in [0.05, 0.1) is 24.9 Å². The Bertz CT molecular complexity index is 1050. The predicted molar refractivity (Wildman–Crippen MR) is 124 cm³/mol. The molecule has 0 radical (unpaired) electrons. The molecule has 2 aliphatic heterocycles. The van der Waals surface area contributed by atoms with Gasteiger partial charge in [-0.05, 0) is 36.4 Å². The maximum Gasteiger partial charge on any atom is 0.412 e. The van der Waals surface area contributed by atoms with Crippen molar-refractivity contribution in [2.24, 2.45) is 0 Å². The van der Waals surface area contributed by atoms with E-state index in [1.54, 1.807) is 0 Å². The zero-order valence-corrected chi connectivity index (χ0v) is 17.9. The number of hydrogen-bond donors (Lipinski definition) is 2. The average molecular weight is 433 g/mol. The summed E-state index contributed by atoms with van der Waals surface area (Å²) in [7, 11) is 0. The maximum atomic E-state index is 12.6. The molecule has 5 rings (SSSR count). The zero-order chi connectivity index (χ0) is 21.8. The van der Waals surface area contributed by atoms with E-state index in [1.807, 2.05) is 48.5 Å². The van der Waals surface area contributed by atoms with Crippen molar-refractivity contribution in [3.8, 4) is 0 Å². The molecule has 166 valence electrons. The lowest BCUT2D eigenvalue weighted by atomic mass is 10.1. The lowest BCUT2D eigenvalue weighted by Crippen LogP contribution is -2.42. The first kappa shape index (κ1) is 20.9. The summed E-state index contributed by atoms with van der Waals surface area (Å²) in [5, 5.41) is 8.46. The Balaban J connectivity index is 1.11. The summed E-state index contributed by atoms with van der Waals surface area (Å²) >= 11 is 0. The number of nitrogens with one attached hydrogen (secondary N) is 2. The summed E-state index contributed by atoms with van der Waals surface area (Å²) in [6, 6.07) is 24.3. The standard InChI is InChI=1S/C26H28N2O4/c29-26(28-21-14-6-12-19-11-4-5-13-20(19)21)32-23-17-31-24-22(16-30-25(23)24)27-15-7-10-18-8-2-1-3-9-18/h1-6,8-9,11-14,22-25,27H,7,10,15-17H2,(H,28,29)/t22-,23-,24-,25+/m1/s1. The minimum absolute atomic E-state index is 0.0953. The van der Waals surface area contributed by atoms with Gasteiger partial charge in [-0.25, -0.2) is 4.79 Å². The van der Waals surface area contributed by atoms with Gasteiger partial charge in [0.2, 0.25) is 0 Å². The quantitative estimate of drug-likeness (QED) is 0.549. The summed E-state index contributed by atoms with van der Waals surface area (Å²) < 4.78 is 17.6. The molecule has 2 aliphatic rings. The highest BCUT2D eigenvalue weighted by atomic mass is 16.6. The van der Waals surface area contributed by atoms with Crippen LogP contribution < -0.4 is 10.6 Å². The molecule has 2 fully saturated rings. The highest BCUT2D eigenvalue weighted by molar-refractivity contribution is 6.00. The fraction of sp³-hybridized carbons (Fsp3) is 0.346.